The number of carbonyl (C=O) groups is 1. The first kappa shape index (κ1) is 16.3. The first-order valence-corrected chi connectivity index (χ1v) is 6.75. The molecule has 1 aliphatic heterocycles. The second-order valence-electron chi connectivity index (χ2n) is 4.95. The lowest BCUT2D eigenvalue weighted by atomic mass is 9.97. The number of piperidine rings is 1. The third kappa shape index (κ3) is 3.85. The Bertz CT molecular complexity index is 451. The largest absolute Gasteiger partial charge is 0.338 e. The Kier molecular flexibility index (Phi) is 6.11. The van der Waals surface area contributed by atoms with Crippen molar-refractivity contribution in [3.8, 4) is 0 Å². The SMILES string of the molecule is Cc1ccc(Cl)cc1C(=O)N1CCCC(CN)C1.Cl. The number of carbonyl (C=O) groups excluding carboxylic acids is 1. The lowest BCUT2D eigenvalue weighted by Crippen LogP contribution is -2.42. The van der Waals surface area contributed by atoms with Gasteiger partial charge in [0.05, 0.1) is 0 Å². The second kappa shape index (κ2) is 7.13. The monoisotopic (exact) mass is 302 g/mol. The van der Waals surface area contributed by atoms with Crippen molar-refractivity contribution in [1.82, 2.24) is 4.90 Å². The summed E-state index contributed by atoms with van der Waals surface area (Å²) < 4.78 is 0. The molecule has 0 aromatic heterocycles. The van der Waals surface area contributed by atoms with E-state index in [4.69, 9.17) is 17.3 Å². The van der Waals surface area contributed by atoms with E-state index in [1.807, 2.05) is 24.0 Å². The van der Waals surface area contributed by atoms with Crippen LogP contribution in [0.2, 0.25) is 5.02 Å². The summed E-state index contributed by atoms with van der Waals surface area (Å²) in [6, 6.07) is 5.46. The highest BCUT2D eigenvalue weighted by Crippen LogP contribution is 2.21. The molecule has 0 bridgehead atoms. The first-order valence-electron chi connectivity index (χ1n) is 6.37. The Balaban J connectivity index is 0.00000180. The van der Waals surface area contributed by atoms with E-state index in [-0.39, 0.29) is 18.3 Å². The number of rotatable bonds is 2. The highest BCUT2D eigenvalue weighted by molar-refractivity contribution is 6.31. The minimum Gasteiger partial charge on any atom is -0.338 e. The van der Waals surface area contributed by atoms with E-state index in [0.717, 1.165) is 31.5 Å². The van der Waals surface area contributed by atoms with Crippen molar-refractivity contribution in [1.29, 1.82) is 0 Å². The predicted molar refractivity (Wildman–Crippen MR) is 81.1 cm³/mol. The number of halogens is 2. The van der Waals surface area contributed by atoms with Gasteiger partial charge in [-0.25, -0.2) is 0 Å². The minimum absolute atomic E-state index is 0. The molecule has 1 fully saturated rings. The zero-order chi connectivity index (χ0) is 13.1. The molecule has 1 aromatic carbocycles. The summed E-state index contributed by atoms with van der Waals surface area (Å²) in [5, 5.41) is 0.608. The molecule has 1 unspecified atom stereocenters. The zero-order valence-electron chi connectivity index (χ0n) is 11.1. The molecule has 2 N–H and O–H groups in total. The number of likely N-dealkylation sites (tertiary alicyclic amines) is 1. The molecule has 2 rings (SSSR count). The number of nitrogens with two attached hydrogens (primary N) is 1. The van der Waals surface area contributed by atoms with E-state index in [2.05, 4.69) is 0 Å². The summed E-state index contributed by atoms with van der Waals surface area (Å²) in [4.78, 5) is 14.4. The van der Waals surface area contributed by atoms with E-state index in [1.165, 1.54) is 0 Å². The smallest absolute Gasteiger partial charge is 0.254 e. The summed E-state index contributed by atoms with van der Waals surface area (Å²) in [5.41, 5.74) is 7.38. The van der Waals surface area contributed by atoms with Crippen LogP contribution in [0.1, 0.15) is 28.8 Å². The maximum absolute atomic E-state index is 12.5. The van der Waals surface area contributed by atoms with Gasteiger partial charge in [-0.1, -0.05) is 17.7 Å². The van der Waals surface area contributed by atoms with Crippen LogP contribution in [0, 0.1) is 12.8 Å². The third-order valence-electron chi connectivity index (χ3n) is 3.57. The van der Waals surface area contributed by atoms with E-state index >= 15 is 0 Å². The number of hydrogen-bond acceptors (Lipinski definition) is 2. The second-order valence-corrected chi connectivity index (χ2v) is 5.39. The van der Waals surface area contributed by atoms with Gasteiger partial charge in [0.15, 0.2) is 0 Å². The van der Waals surface area contributed by atoms with E-state index in [9.17, 15) is 4.79 Å². The quantitative estimate of drug-likeness (QED) is 0.913. The average Bonchev–Trinajstić information content (AvgIpc) is 2.41. The summed E-state index contributed by atoms with van der Waals surface area (Å²) in [6.07, 6.45) is 2.15. The van der Waals surface area contributed by atoms with Crippen LogP contribution in [0.4, 0.5) is 0 Å². The van der Waals surface area contributed by atoms with Crippen molar-refractivity contribution in [2.45, 2.75) is 19.8 Å². The van der Waals surface area contributed by atoms with Gasteiger partial charge in [-0.05, 0) is 49.9 Å². The van der Waals surface area contributed by atoms with Gasteiger partial charge in [0.1, 0.15) is 0 Å². The molecule has 0 aliphatic carbocycles. The summed E-state index contributed by atoms with van der Waals surface area (Å²) >= 11 is 5.97. The highest BCUT2D eigenvalue weighted by atomic mass is 35.5. The Labute approximate surface area is 125 Å². The molecule has 0 radical (unpaired) electrons. The van der Waals surface area contributed by atoms with Gasteiger partial charge in [0.2, 0.25) is 0 Å². The van der Waals surface area contributed by atoms with Crippen molar-refractivity contribution in [3.05, 3.63) is 34.3 Å². The number of benzene rings is 1. The summed E-state index contributed by atoms with van der Waals surface area (Å²) in [5.74, 6) is 0.510. The maximum atomic E-state index is 12.5. The van der Waals surface area contributed by atoms with Crippen LogP contribution in [0.3, 0.4) is 0 Å². The van der Waals surface area contributed by atoms with Crippen molar-refractivity contribution < 1.29 is 4.79 Å². The van der Waals surface area contributed by atoms with Crippen LogP contribution in [0.15, 0.2) is 18.2 Å². The molecule has 1 amide bonds. The zero-order valence-corrected chi connectivity index (χ0v) is 12.6. The Morgan fingerprint density at radius 2 is 2.26 bits per heavy atom. The fourth-order valence-corrected chi connectivity index (χ4v) is 2.61. The van der Waals surface area contributed by atoms with Crippen molar-refractivity contribution in [3.63, 3.8) is 0 Å². The molecular weight excluding hydrogens is 283 g/mol. The molecule has 1 atom stereocenters. The van der Waals surface area contributed by atoms with Gasteiger partial charge in [-0.15, -0.1) is 12.4 Å². The standard InChI is InChI=1S/C14H19ClN2O.ClH/c1-10-4-5-12(15)7-13(10)14(18)17-6-2-3-11(8-16)9-17;/h4-5,7,11H,2-3,6,8-9,16H2,1H3;1H. The van der Waals surface area contributed by atoms with Crippen LogP contribution >= 0.6 is 24.0 Å². The highest BCUT2D eigenvalue weighted by Gasteiger charge is 2.24. The van der Waals surface area contributed by atoms with Crippen LogP contribution < -0.4 is 5.73 Å². The Hall–Kier alpha value is -0.770. The minimum atomic E-state index is 0. The molecule has 3 nitrogen and oxygen atoms in total. The lowest BCUT2D eigenvalue weighted by molar-refractivity contribution is 0.0677. The molecule has 1 heterocycles. The number of amides is 1. The van der Waals surface area contributed by atoms with Crippen LogP contribution in [0.5, 0.6) is 0 Å². The molecule has 19 heavy (non-hydrogen) atoms. The van der Waals surface area contributed by atoms with Crippen molar-refractivity contribution in [2.75, 3.05) is 19.6 Å². The fourth-order valence-electron chi connectivity index (χ4n) is 2.44. The summed E-state index contributed by atoms with van der Waals surface area (Å²) in [7, 11) is 0. The number of aryl methyl sites for hydroxylation is 1. The van der Waals surface area contributed by atoms with E-state index in [1.54, 1.807) is 6.07 Å². The maximum Gasteiger partial charge on any atom is 0.254 e. The molecule has 106 valence electrons. The van der Waals surface area contributed by atoms with Crippen molar-refractivity contribution >= 4 is 29.9 Å². The topological polar surface area (TPSA) is 46.3 Å². The Morgan fingerprint density at radius 3 is 2.95 bits per heavy atom. The van der Waals surface area contributed by atoms with Crippen molar-refractivity contribution in [2.24, 2.45) is 11.7 Å². The van der Waals surface area contributed by atoms with Gasteiger partial charge in [0.25, 0.3) is 5.91 Å². The van der Waals surface area contributed by atoms with E-state index in [0.29, 0.717) is 23.0 Å². The molecule has 1 aliphatic rings. The molecule has 1 aromatic rings. The molecule has 5 heteroatoms. The lowest BCUT2D eigenvalue weighted by Gasteiger charge is -2.32. The van der Waals surface area contributed by atoms with Gasteiger partial charge in [-0.2, -0.15) is 0 Å². The van der Waals surface area contributed by atoms with Crippen LogP contribution in [-0.4, -0.2) is 30.4 Å². The predicted octanol–water partition coefficient (Wildman–Crippen LogP) is 2.88. The molecule has 1 saturated heterocycles. The number of nitrogens with zero attached hydrogens (tertiary/aromatic N) is 1. The Morgan fingerprint density at radius 1 is 1.53 bits per heavy atom. The van der Waals surface area contributed by atoms with Gasteiger partial charge in [-0.3, -0.25) is 4.79 Å². The van der Waals surface area contributed by atoms with Gasteiger partial charge in [0, 0.05) is 23.7 Å². The summed E-state index contributed by atoms with van der Waals surface area (Å²) in [6.45, 7) is 4.18. The van der Waals surface area contributed by atoms with Gasteiger partial charge >= 0.3 is 0 Å². The molecular formula is C14H20Cl2N2O. The fraction of sp³-hybridized carbons (Fsp3) is 0.500. The van der Waals surface area contributed by atoms with Crippen LogP contribution in [-0.2, 0) is 0 Å². The third-order valence-corrected chi connectivity index (χ3v) is 3.80. The normalized spacial score (nSPS) is 18.9. The van der Waals surface area contributed by atoms with Crippen LogP contribution in [0.25, 0.3) is 0 Å². The molecule has 0 saturated carbocycles. The van der Waals surface area contributed by atoms with E-state index < -0.39 is 0 Å². The average molecular weight is 303 g/mol. The number of hydrogen-bond donors (Lipinski definition) is 1. The molecule has 0 spiro atoms. The first-order chi connectivity index (χ1) is 8.61. The van der Waals surface area contributed by atoms with Gasteiger partial charge < -0.3 is 10.6 Å².